The van der Waals surface area contributed by atoms with E-state index in [-0.39, 0.29) is 11.9 Å². The van der Waals surface area contributed by atoms with Crippen molar-refractivity contribution in [2.45, 2.75) is 25.5 Å². The van der Waals surface area contributed by atoms with Gasteiger partial charge in [-0.3, -0.25) is 4.79 Å². The number of rotatable bonds is 3. The smallest absolute Gasteiger partial charge is 0.216 e. The molecular formula is C12H16N2O2. The highest BCUT2D eigenvalue weighted by Gasteiger charge is 2.26. The van der Waals surface area contributed by atoms with Crippen LogP contribution in [-0.4, -0.2) is 29.7 Å². The Labute approximate surface area is 94.7 Å². The van der Waals surface area contributed by atoms with Crippen LogP contribution in [0.5, 0.6) is 0 Å². The zero-order valence-corrected chi connectivity index (χ0v) is 9.23. The third kappa shape index (κ3) is 2.33. The Kier molecular flexibility index (Phi) is 3.10. The molecule has 0 bridgehead atoms. The van der Waals surface area contributed by atoms with Gasteiger partial charge < -0.3 is 15.7 Å². The number of hydrogen-bond donors (Lipinski definition) is 3. The minimum atomic E-state index is -0.559. The third-order valence-electron chi connectivity index (χ3n) is 2.82. The summed E-state index contributed by atoms with van der Waals surface area (Å²) in [5, 5.41) is 15.8. The summed E-state index contributed by atoms with van der Waals surface area (Å²) in [5.41, 5.74) is 2.30. The lowest BCUT2D eigenvalue weighted by Crippen LogP contribution is -2.41. The van der Waals surface area contributed by atoms with Crippen LogP contribution in [0.1, 0.15) is 12.5 Å². The minimum Gasteiger partial charge on any atom is -0.389 e. The maximum Gasteiger partial charge on any atom is 0.216 e. The predicted molar refractivity (Wildman–Crippen MR) is 62.2 cm³/mol. The van der Waals surface area contributed by atoms with Crippen molar-refractivity contribution in [2.24, 2.45) is 0 Å². The molecule has 4 heteroatoms. The summed E-state index contributed by atoms with van der Waals surface area (Å²) < 4.78 is 0. The number of anilines is 1. The molecule has 0 aromatic heterocycles. The second kappa shape index (κ2) is 4.53. The van der Waals surface area contributed by atoms with Gasteiger partial charge in [0, 0.05) is 19.2 Å². The van der Waals surface area contributed by atoms with E-state index >= 15 is 0 Å². The molecule has 16 heavy (non-hydrogen) atoms. The molecule has 0 radical (unpaired) electrons. The molecule has 1 aromatic rings. The Morgan fingerprint density at radius 3 is 3.06 bits per heavy atom. The van der Waals surface area contributed by atoms with Gasteiger partial charge in [-0.25, -0.2) is 0 Å². The van der Waals surface area contributed by atoms with E-state index in [2.05, 4.69) is 10.6 Å². The maximum atomic E-state index is 10.7. The van der Waals surface area contributed by atoms with E-state index in [0.717, 1.165) is 12.1 Å². The van der Waals surface area contributed by atoms with Gasteiger partial charge in [-0.1, -0.05) is 18.2 Å². The molecule has 1 aliphatic rings. The Bertz CT molecular complexity index is 367. The molecular weight excluding hydrogens is 204 g/mol. The van der Waals surface area contributed by atoms with Crippen LogP contribution in [-0.2, 0) is 11.2 Å². The second-order valence-corrected chi connectivity index (χ2v) is 4.12. The van der Waals surface area contributed by atoms with E-state index in [4.69, 9.17) is 0 Å². The highest BCUT2D eigenvalue weighted by Crippen LogP contribution is 2.26. The van der Waals surface area contributed by atoms with Gasteiger partial charge in [-0.2, -0.15) is 0 Å². The summed E-state index contributed by atoms with van der Waals surface area (Å²) in [6.07, 6.45) is 0.244. The first-order chi connectivity index (χ1) is 7.66. The van der Waals surface area contributed by atoms with Crippen molar-refractivity contribution in [1.82, 2.24) is 5.32 Å². The standard InChI is InChI=1S/C12H16N2O2/c1-8(15)13-7-12(16)11-6-9-4-2-3-5-10(9)14-11/h2-5,11-12,14,16H,6-7H2,1H3,(H,13,15). The molecule has 0 spiro atoms. The van der Waals surface area contributed by atoms with Gasteiger partial charge in [0.15, 0.2) is 0 Å². The number of fused-ring (bicyclic) bond motifs is 1. The molecule has 2 unspecified atom stereocenters. The van der Waals surface area contributed by atoms with Crippen LogP contribution in [0.3, 0.4) is 0 Å². The number of aliphatic hydroxyl groups excluding tert-OH is 1. The lowest BCUT2D eigenvalue weighted by Gasteiger charge is -2.18. The predicted octanol–water partition coefficient (Wildman–Crippen LogP) is 0.520. The lowest BCUT2D eigenvalue weighted by molar-refractivity contribution is -0.119. The maximum absolute atomic E-state index is 10.7. The average molecular weight is 220 g/mol. The number of para-hydroxylation sites is 1. The van der Waals surface area contributed by atoms with Crippen LogP contribution >= 0.6 is 0 Å². The SMILES string of the molecule is CC(=O)NCC(O)C1Cc2ccccc2N1. The molecule has 0 aliphatic carbocycles. The fourth-order valence-electron chi connectivity index (χ4n) is 1.95. The molecule has 2 rings (SSSR count). The van der Waals surface area contributed by atoms with Crippen LogP contribution in [0.15, 0.2) is 24.3 Å². The van der Waals surface area contributed by atoms with Crippen molar-refractivity contribution < 1.29 is 9.90 Å². The fourth-order valence-corrected chi connectivity index (χ4v) is 1.95. The Balaban J connectivity index is 1.93. The van der Waals surface area contributed by atoms with Gasteiger partial charge in [0.2, 0.25) is 5.91 Å². The molecule has 3 N–H and O–H groups in total. The minimum absolute atomic E-state index is 0.00995. The molecule has 1 amide bonds. The van der Waals surface area contributed by atoms with Crippen LogP contribution in [0.4, 0.5) is 5.69 Å². The number of nitrogens with one attached hydrogen (secondary N) is 2. The summed E-state index contributed by atoms with van der Waals surface area (Å²) in [7, 11) is 0. The van der Waals surface area contributed by atoms with Gasteiger partial charge in [0.1, 0.15) is 0 Å². The average Bonchev–Trinajstić information content (AvgIpc) is 2.69. The van der Waals surface area contributed by atoms with Crippen molar-refractivity contribution in [3.8, 4) is 0 Å². The molecule has 2 atom stereocenters. The summed E-state index contributed by atoms with van der Waals surface area (Å²) in [5.74, 6) is -0.116. The number of aliphatic hydroxyl groups is 1. The molecule has 1 aliphatic heterocycles. The van der Waals surface area contributed by atoms with E-state index < -0.39 is 6.10 Å². The van der Waals surface area contributed by atoms with E-state index in [1.807, 2.05) is 24.3 Å². The Morgan fingerprint density at radius 2 is 2.38 bits per heavy atom. The summed E-state index contributed by atoms with van der Waals surface area (Å²) in [6, 6.07) is 8.00. The summed E-state index contributed by atoms with van der Waals surface area (Å²) >= 11 is 0. The molecule has 1 heterocycles. The largest absolute Gasteiger partial charge is 0.389 e. The second-order valence-electron chi connectivity index (χ2n) is 4.12. The van der Waals surface area contributed by atoms with E-state index in [0.29, 0.717) is 6.54 Å². The summed E-state index contributed by atoms with van der Waals surface area (Å²) in [6.45, 7) is 1.74. The zero-order chi connectivity index (χ0) is 11.5. The van der Waals surface area contributed by atoms with Gasteiger partial charge >= 0.3 is 0 Å². The van der Waals surface area contributed by atoms with Crippen LogP contribution < -0.4 is 10.6 Å². The van der Waals surface area contributed by atoms with Crippen LogP contribution in [0, 0.1) is 0 Å². The quantitative estimate of drug-likeness (QED) is 0.696. The lowest BCUT2D eigenvalue weighted by atomic mass is 10.1. The monoisotopic (exact) mass is 220 g/mol. The Morgan fingerprint density at radius 1 is 1.62 bits per heavy atom. The number of carbonyl (C=O) groups excluding carboxylic acids is 1. The van der Waals surface area contributed by atoms with Crippen molar-refractivity contribution in [2.75, 3.05) is 11.9 Å². The molecule has 0 saturated heterocycles. The molecule has 1 aromatic carbocycles. The van der Waals surface area contributed by atoms with E-state index in [1.54, 1.807) is 0 Å². The first kappa shape index (κ1) is 11.0. The first-order valence-electron chi connectivity index (χ1n) is 5.44. The number of carbonyl (C=O) groups is 1. The van der Waals surface area contributed by atoms with Gasteiger partial charge in [-0.05, 0) is 18.1 Å². The molecule has 0 saturated carbocycles. The van der Waals surface area contributed by atoms with Crippen molar-refractivity contribution in [1.29, 1.82) is 0 Å². The van der Waals surface area contributed by atoms with Crippen LogP contribution in [0.25, 0.3) is 0 Å². The number of amides is 1. The Hall–Kier alpha value is -1.55. The number of benzene rings is 1. The van der Waals surface area contributed by atoms with E-state index in [9.17, 15) is 9.90 Å². The first-order valence-corrected chi connectivity index (χ1v) is 5.44. The van der Waals surface area contributed by atoms with Crippen molar-refractivity contribution in [3.05, 3.63) is 29.8 Å². The normalized spacial score (nSPS) is 19.8. The van der Waals surface area contributed by atoms with Crippen molar-refractivity contribution in [3.63, 3.8) is 0 Å². The van der Waals surface area contributed by atoms with Crippen molar-refractivity contribution >= 4 is 11.6 Å². The van der Waals surface area contributed by atoms with Crippen LogP contribution in [0.2, 0.25) is 0 Å². The zero-order valence-electron chi connectivity index (χ0n) is 9.23. The summed E-state index contributed by atoms with van der Waals surface area (Å²) in [4.78, 5) is 10.7. The van der Waals surface area contributed by atoms with Gasteiger partial charge in [0.25, 0.3) is 0 Å². The topological polar surface area (TPSA) is 61.4 Å². The molecule has 4 nitrogen and oxygen atoms in total. The third-order valence-corrected chi connectivity index (χ3v) is 2.82. The van der Waals surface area contributed by atoms with Gasteiger partial charge in [0.05, 0.1) is 12.1 Å². The fraction of sp³-hybridized carbons (Fsp3) is 0.417. The van der Waals surface area contributed by atoms with Gasteiger partial charge in [-0.15, -0.1) is 0 Å². The molecule has 0 fully saturated rings. The van der Waals surface area contributed by atoms with E-state index in [1.165, 1.54) is 12.5 Å². The highest BCUT2D eigenvalue weighted by atomic mass is 16.3. The molecule has 86 valence electrons. The number of hydrogen-bond acceptors (Lipinski definition) is 3. The highest BCUT2D eigenvalue weighted by molar-refractivity contribution is 5.72.